The van der Waals surface area contributed by atoms with Gasteiger partial charge in [0, 0.05) is 4.90 Å². The molecule has 0 unspecified atom stereocenters. The Morgan fingerprint density at radius 1 is 1.25 bits per heavy atom. The van der Waals surface area contributed by atoms with E-state index in [1.165, 1.54) is 12.1 Å². The molecule has 0 radical (unpaired) electrons. The molecular formula is C14H13ClFIN2S. The highest BCUT2D eigenvalue weighted by atomic mass is 127. The molecule has 106 valence electrons. The molecule has 20 heavy (non-hydrogen) atoms. The highest BCUT2D eigenvalue weighted by Crippen LogP contribution is 2.27. The Labute approximate surface area is 140 Å². The second-order valence-electron chi connectivity index (χ2n) is 4.53. The van der Waals surface area contributed by atoms with Crippen LogP contribution in [0.4, 0.5) is 4.39 Å². The Morgan fingerprint density at radius 3 is 2.50 bits per heavy atom. The summed E-state index contributed by atoms with van der Waals surface area (Å²) < 4.78 is 13.7. The van der Waals surface area contributed by atoms with Gasteiger partial charge in [-0.15, -0.1) is 11.8 Å². The Balaban J connectivity index is 2.15. The molecule has 1 heterocycles. The van der Waals surface area contributed by atoms with Crippen molar-refractivity contribution in [2.45, 2.75) is 30.4 Å². The quantitative estimate of drug-likeness (QED) is 0.380. The van der Waals surface area contributed by atoms with Gasteiger partial charge in [0.25, 0.3) is 0 Å². The van der Waals surface area contributed by atoms with Gasteiger partial charge in [-0.1, -0.05) is 25.4 Å². The van der Waals surface area contributed by atoms with Crippen LogP contribution in [-0.2, 0) is 5.75 Å². The highest BCUT2D eigenvalue weighted by Gasteiger charge is 2.13. The second-order valence-corrected chi connectivity index (χ2v) is 7.01. The van der Waals surface area contributed by atoms with Crippen molar-refractivity contribution in [3.8, 4) is 0 Å². The summed E-state index contributed by atoms with van der Waals surface area (Å²) in [7, 11) is 0. The molecule has 2 rings (SSSR count). The zero-order valence-electron chi connectivity index (χ0n) is 11.0. The van der Waals surface area contributed by atoms with Gasteiger partial charge >= 0.3 is 0 Å². The number of aromatic nitrogens is 2. The summed E-state index contributed by atoms with van der Waals surface area (Å²) >= 11 is 9.89. The first-order chi connectivity index (χ1) is 9.47. The Morgan fingerprint density at radius 2 is 1.90 bits per heavy atom. The summed E-state index contributed by atoms with van der Waals surface area (Å²) in [6.45, 7) is 4.16. The van der Waals surface area contributed by atoms with E-state index in [2.05, 4.69) is 46.4 Å². The van der Waals surface area contributed by atoms with Crippen molar-refractivity contribution in [2.24, 2.45) is 0 Å². The van der Waals surface area contributed by atoms with Gasteiger partial charge in [-0.25, -0.2) is 14.4 Å². The zero-order valence-corrected chi connectivity index (χ0v) is 14.8. The van der Waals surface area contributed by atoms with E-state index in [0.29, 0.717) is 22.6 Å². The average molecular weight is 423 g/mol. The van der Waals surface area contributed by atoms with E-state index in [0.717, 1.165) is 14.2 Å². The number of nitrogens with zero attached hydrogens (tertiary/aromatic N) is 2. The van der Waals surface area contributed by atoms with Gasteiger partial charge in [-0.3, -0.25) is 0 Å². The summed E-state index contributed by atoms with van der Waals surface area (Å²) in [5.74, 6) is 1.39. The maximum absolute atomic E-state index is 12.8. The van der Waals surface area contributed by atoms with Crippen LogP contribution in [0, 0.1) is 9.39 Å². The fraction of sp³-hybridized carbons (Fsp3) is 0.286. The molecule has 0 atom stereocenters. The first kappa shape index (κ1) is 16.0. The molecule has 0 bridgehead atoms. The molecule has 0 aliphatic rings. The summed E-state index contributed by atoms with van der Waals surface area (Å²) in [6, 6.07) is 6.39. The van der Waals surface area contributed by atoms with Crippen LogP contribution in [0.1, 0.15) is 31.3 Å². The third-order valence-electron chi connectivity index (χ3n) is 2.61. The molecule has 0 spiro atoms. The molecule has 2 nitrogen and oxygen atoms in total. The normalized spacial score (nSPS) is 11.1. The van der Waals surface area contributed by atoms with Crippen LogP contribution in [0.15, 0.2) is 29.2 Å². The minimum Gasteiger partial charge on any atom is -0.236 e. The van der Waals surface area contributed by atoms with Gasteiger partial charge in [-0.05, 0) is 52.8 Å². The van der Waals surface area contributed by atoms with Crippen molar-refractivity contribution in [3.05, 3.63) is 50.3 Å². The predicted molar refractivity (Wildman–Crippen MR) is 89.8 cm³/mol. The maximum Gasteiger partial charge on any atom is 0.146 e. The Kier molecular flexibility index (Phi) is 5.63. The molecule has 2 aromatic rings. The molecule has 0 saturated heterocycles. The molecule has 0 saturated carbocycles. The number of benzene rings is 1. The molecule has 0 amide bonds. The smallest absolute Gasteiger partial charge is 0.146 e. The monoisotopic (exact) mass is 422 g/mol. The Hall–Kier alpha value is -0.400. The number of rotatable bonds is 4. The summed E-state index contributed by atoms with van der Waals surface area (Å²) in [6.07, 6.45) is 0. The molecule has 0 N–H and O–H groups in total. The molecule has 0 aliphatic carbocycles. The number of hydrogen-bond acceptors (Lipinski definition) is 3. The minimum absolute atomic E-state index is 0.231. The molecule has 1 aromatic heterocycles. The SMILES string of the molecule is CC(C)c1nc(CSc2ccc(F)cc2)nc(Cl)c1I. The summed E-state index contributed by atoms with van der Waals surface area (Å²) in [4.78, 5) is 9.85. The van der Waals surface area contributed by atoms with Crippen molar-refractivity contribution < 1.29 is 4.39 Å². The largest absolute Gasteiger partial charge is 0.236 e. The van der Waals surface area contributed by atoms with Crippen LogP contribution < -0.4 is 0 Å². The molecule has 6 heteroatoms. The summed E-state index contributed by atoms with van der Waals surface area (Å²) in [5, 5.41) is 0.499. The average Bonchev–Trinajstić information content (AvgIpc) is 2.41. The van der Waals surface area contributed by atoms with Crippen molar-refractivity contribution >= 4 is 46.0 Å². The van der Waals surface area contributed by atoms with E-state index in [1.807, 2.05) is 0 Å². The van der Waals surface area contributed by atoms with Gasteiger partial charge in [0.05, 0.1) is 15.0 Å². The standard InChI is InChI=1S/C14H13ClFIN2S/c1-8(2)13-12(17)14(15)19-11(18-13)7-20-10-5-3-9(16)4-6-10/h3-6,8H,7H2,1-2H3. The zero-order chi connectivity index (χ0) is 14.7. The van der Waals surface area contributed by atoms with Gasteiger partial charge in [-0.2, -0.15) is 0 Å². The fourth-order valence-electron chi connectivity index (χ4n) is 1.61. The number of hydrogen-bond donors (Lipinski definition) is 0. The van der Waals surface area contributed by atoms with Crippen molar-refractivity contribution in [3.63, 3.8) is 0 Å². The van der Waals surface area contributed by atoms with Gasteiger partial charge in [0.2, 0.25) is 0 Å². The van der Waals surface area contributed by atoms with Crippen LogP contribution in [0.2, 0.25) is 5.15 Å². The van der Waals surface area contributed by atoms with E-state index in [1.54, 1.807) is 23.9 Å². The van der Waals surface area contributed by atoms with E-state index < -0.39 is 0 Å². The van der Waals surface area contributed by atoms with E-state index in [-0.39, 0.29) is 5.82 Å². The first-order valence-corrected chi connectivity index (χ1v) is 8.51. The lowest BCUT2D eigenvalue weighted by molar-refractivity contribution is 0.626. The lowest BCUT2D eigenvalue weighted by Crippen LogP contribution is -2.04. The van der Waals surface area contributed by atoms with Crippen LogP contribution in [0.3, 0.4) is 0 Å². The number of thioether (sulfide) groups is 1. The Bertz CT molecular complexity index is 605. The lowest BCUT2D eigenvalue weighted by Gasteiger charge is -2.10. The molecule has 0 aliphatic heterocycles. The fourth-order valence-corrected chi connectivity index (χ4v) is 3.42. The number of halogens is 3. The van der Waals surface area contributed by atoms with Gasteiger partial charge in [0.15, 0.2) is 0 Å². The topological polar surface area (TPSA) is 25.8 Å². The highest BCUT2D eigenvalue weighted by molar-refractivity contribution is 14.1. The molecule has 0 fully saturated rings. The van der Waals surface area contributed by atoms with Crippen LogP contribution in [-0.4, -0.2) is 9.97 Å². The van der Waals surface area contributed by atoms with Crippen LogP contribution >= 0.6 is 46.0 Å². The maximum atomic E-state index is 12.8. The van der Waals surface area contributed by atoms with Gasteiger partial charge in [0.1, 0.15) is 16.8 Å². The minimum atomic E-state index is -0.231. The van der Waals surface area contributed by atoms with E-state index in [4.69, 9.17) is 11.6 Å². The van der Waals surface area contributed by atoms with Crippen molar-refractivity contribution in [1.29, 1.82) is 0 Å². The lowest BCUT2D eigenvalue weighted by atomic mass is 10.1. The molecule has 1 aromatic carbocycles. The van der Waals surface area contributed by atoms with Crippen LogP contribution in [0.25, 0.3) is 0 Å². The predicted octanol–water partition coefficient (Wildman–Crippen LogP) is 5.29. The molecular weight excluding hydrogens is 410 g/mol. The van der Waals surface area contributed by atoms with Gasteiger partial charge < -0.3 is 0 Å². The third kappa shape index (κ3) is 4.05. The van der Waals surface area contributed by atoms with Crippen LogP contribution in [0.5, 0.6) is 0 Å². The van der Waals surface area contributed by atoms with Crippen molar-refractivity contribution in [2.75, 3.05) is 0 Å². The first-order valence-electron chi connectivity index (χ1n) is 6.07. The third-order valence-corrected chi connectivity index (χ3v) is 5.28. The summed E-state index contributed by atoms with van der Waals surface area (Å²) in [5.41, 5.74) is 0.973. The van der Waals surface area contributed by atoms with E-state index in [9.17, 15) is 4.39 Å². The second kappa shape index (κ2) is 7.04. The van der Waals surface area contributed by atoms with Crippen molar-refractivity contribution in [1.82, 2.24) is 9.97 Å². The van der Waals surface area contributed by atoms with E-state index >= 15 is 0 Å².